The lowest BCUT2D eigenvalue weighted by molar-refractivity contribution is -0.133. The molecule has 0 aromatic heterocycles. The number of hydrogen-bond donors (Lipinski definition) is 0. The Labute approximate surface area is 174 Å². The fraction of sp³-hybridized carbons (Fsp3) is 0.409. The molecule has 0 saturated carbocycles. The topological polar surface area (TPSA) is 66.9 Å². The van der Waals surface area contributed by atoms with E-state index in [0.717, 1.165) is 31.5 Å². The van der Waals surface area contributed by atoms with Gasteiger partial charge in [-0.05, 0) is 56.2 Å². The lowest BCUT2D eigenvalue weighted by Gasteiger charge is -2.22. The van der Waals surface area contributed by atoms with Gasteiger partial charge in [-0.25, -0.2) is 8.42 Å². The fourth-order valence-electron chi connectivity index (χ4n) is 2.90. The SMILES string of the molecule is CCCN(CCC)C(=O)COc1ccc(N(C)S(=O)(=O)c2ccc(C)cc2)cc1. The van der Waals surface area contributed by atoms with Gasteiger partial charge < -0.3 is 9.64 Å². The Morgan fingerprint density at radius 1 is 0.931 bits per heavy atom. The van der Waals surface area contributed by atoms with Crippen LogP contribution in [0.15, 0.2) is 53.4 Å². The summed E-state index contributed by atoms with van der Waals surface area (Å²) < 4.78 is 32.4. The number of aryl methyl sites for hydroxylation is 1. The average molecular weight is 419 g/mol. The van der Waals surface area contributed by atoms with E-state index >= 15 is 0 Å². The molecular weight excluding hydrogens is 388 g/mol. The van der Waals surface area contributed by atoms with Gasteiger partial charge in [0.1, 0.15) is 5.75 Å². The van der Waals surface area contributed by atoms with Gasteiger partial charge in [-0.1, -0.05) is 31.5 Å². The van der Waals surface area contributed by atoms with Gasteiger partial charge in [0.15, 0.2) is 6.61 Å². The summed E-state index contributed by atoms with van der Waals surface area (Å²) in [5.74, 6) is 0.480. The average Bonchev–Trinajstić information content (AvgIpc) is 2.72. The Kier molecular flexibility index (Phi) is 8.08. The van der Waals surface area contributed by atoms with Crippen molar-refractivity contribution in [1.29, 1.82) is 0 Å². The third-order valence-corrected chi connectivity index (χ3v) is 6.38. The second-order valence-electron chi connectivity index (χ2n) is 6.95. The summed E-state index contributed by atoms with van der Waals surface area (Å²) in [4.78, 5) is 14.3. The van der Waals surface area contributed by atoms with E-state index in [0.29, 0.717) is 11.4 Å². The number of nitrogens with zero attached hydrogens (tertiary/aromatic N) is 2. The molecule has 0 aliphatic carbocycles. The van der Waals surface area contributed by atoms with E-state index in [1.807, 2.05) is 20.8 Å². The normalized spacial score (nSPS) is 11.2. The number of hydrogen-bond acceptors (Lipinski definition) is 4. The summed E-state index contributed by atoms with van der Waals surface area (Å²) in [6.07, 6.45) is 1.81. The molecule has 0 aliphatic heterocycles. The lowest BCUT2D eigenvalue weighted by atomic mass is 10.2. The second-order valence-corrected chi connectivity index (χ2v) is 8.92. The van der Waals surface area contributed by atoms with Crippen molar-refractivity contribution in [2.75, 3.05) is 31.0 Å². The molecule has 0 N–H and O–H groups in total. The van der Waals surface area contributed by atoms with Crippen LogP contribution in [-0.2, 0) is 14.8 Å². The Bertz CT molecular complexity index is 887. The zero-order valence-corrected chi connectivity index (χ0v) is 18.4. The first-order valence-corrected chi connectivity index (χ1v) is 11.3. The molecule has 0 aliphatic rings. The highest BCUT2D eigenvalue weighted by molar-refractivity contribution is 7.92. The molecule has 7 heteroatoms. The van der Waals surface area contributed by atoms with Crippen LogP contribution in [0.4, 0.5) is 5.69 Å². The van der Waals surface area contributed by atoms with Gasteiger partial charge in [-0.15, -0.1) is 0 Å². The molecule has 0 radical (unpaired) electrons. The highest BCUT2D eigenvalue weighted by Gasteiger charge is 2.21. The van der Waals surface area contributed by atoms with Crippen LogP contribution in [0.1, 0.15) is 32.3 Å². The Morgan fingerprint density at radius 3 is 2.00 bits per heavy atom. The first-order valence-electron chi connectivity index (χ1n) is 9.85. The first-order chi connectivity index (χ1) is 13.8. The molecule has 2 aromatic carbocycles. The van der Waals surface area contributed by atoms with Gasteiger partial charge in [0, 0.05) is 20.1 Å². The van der Waals surface area contributed by atoms with Gasteiger partial charge in [0.2, 0.25) is 0 Å². The molecule has 29 heavy (non-hydrogen) atoms. The summed E-state index contributed by atoms with van der Waals surface area (Å²) in [6, 6.07) is 13.4. The molecule has 158 valence electrons. The highest BCUT2D eigenvalue weighted by Crippen LogP contribution is 2.24. The Hall–Kier alpha value is -2.54. The van der Waals surface area contributed by atoms with E-state index in [2.05, 4.69) is 0 Å². The fourth-order valence-corrected chi connectivity index (χ4v) is 4.09. The number of benzene rings is 2. The van der Waals surface area contributed by atoms with Crippen molar-refractivity contribution in [3.05, 3.63) is 54.1 Å². The molecule has 1 amide bonds. The number of sulfonamides is 1. The first kappa shape index (κ1) is 22.7. The van der Waals surface area contributed by atoms with E-state index in [4.69, 9.17) is 4.74 Å². The number of ether oxygens (including phenoxy) is 1. The van der Waals surface area contributed by atoms with Crippen molar-refractivity contribution in [2.45, 2.75) is 38.5 Å². The molecule has 0 fully saturated rings. The summed E-state index contributed by atoms with van der Waals surface area (Å²) >= 11 is 0. The molecule has 0 unspecified atom stereocenters. The minimum atomic E-state index is -3.64. The molecule has 0 saturated heterocycles. The van der Waals surface area contributed by atoms with Gasteiger partial charge >= 0.3 is 0 Å². The maximum absolute atomic E-state index is 12.8. The molecule has 0 heterocycles. The van der Waals surface area contributed by atoms with Gasteiger partial charge in [0.05, 0.1) is 10.6 Å². The predicted molar refractivity (Wildman–Crippen MR) is 116 cm³/mol. The van der Waals surface area contributed by atoms with Crippen LogP contribution in [-0.4, -0.2) is 46.0 Å². The third kappa shape index (κ3) is 5.97. The number of carbonyl (C=O) groups is 1. The van der Waals surface area contributed by atoms with Crippen molar-refractivity contribution in [3.8, 4) is 5.75 Å². The van der Waals surface area contributed by atoms with Crippen molar-refractivity contribution >= 4 is 21.6 Å². The lowest BCUT2D eigenvalue weighted by Crippen LogP contribution is -2.36. The summed E-state index contributed by atoms with van der Waals surface area (Å²) in [6.45, 7) is 7.39. The molecule has 2 rings (SSSR count). The number of carbonyl (C=O) groups excluding carboxylic acids is 1. The van der Waals surface area contributed by atoms with Crippen molar-refractivity contribution in [2.24, 2.45) is 0 Å². The van der Waals surface area contributed by atoms with Crippen LogP contribution in [0, 0.1) is 6.92 Å². The molecule has 6 nitrogen and oxygen atoms in total. The largest absolute Gasteiger partial charge is 0.484 e. The number of rotatable bonds is 10. The van der Waals surface area contributed by atoms with E-state index in [1.165, 1.54) is 11.4 Å². The van der Waals surface area contributed by atoms with Gasteiger partial charge in [-0.2, -0.15) is 0 Å². The van der Waals surface area contributed by atoms with Crippen molar-refractivity contribution in [1.82, 2.24) is 4.90 Å². The Morgan fingerprint density at radius 2 is 1.48 bits per heavy atom. The maximum Gasteiger partial charge on any atom is 0.264 e. The van der Waals surface area contributed by atoms with Gasteiger partial charge in [0.25, 0.3) is 15.9 Å². The maximum atomic E-state index is 12.8. The monoisotopic (exact) mass is 418 g/mol. The summed E-state index contributed by atoms with van der Waals surface area (Å²) in [7, 11) is -2.12. The molecule has 2 aromatic rings. The third-order valence-electron chi connectivity index (χ3n) is 4.58. The molecular formula is C22H30N2O4S. The summed E-state index contributed by atoms with van der Waals surface area (Å²) in [5.41, 5.74) is 1.52. The molecule has 0 spiro atoms. The highest BCUT2D eigenvalue weighted by atomic mass is 32.2. The molecule has 0 bridgehead atoms. The van der Waals surface area contributed by atoms with Gasteiger partial charge in [-0.3, -0.25) is 9.10 Å². The quantitative estimate of drug-likeness (QED) is 0.588. The van der Waals surface area contributed by atoms with Crippen LogP contribution in [0.2, 0.25) is 0 Å². The van der Waals surface area contributed by atoms with Crippen molar-refractivity contribution < 1.29 is 17.9 Å². The smallest absolute Gasteiger partial charge is 0.264 e. The van der Waals surface area contributed by atoms with Crippen LogP contribution in [0.25, 0.3) is 0 Å². The standard InChI is InChI=1S/C22H30N2O4S/c1-5-15-24(16-6-2)22(25)17-28-20-11-9-19(10-12-20)23(4)29(26,27)21-13-7-18(3)8-14-21/h7-14H,5-6,15-17H2,1-4H3. The minimum Gasteiger partial charge on any atom is -0.484 e. The van der Waals surface area contributed by atoms with E-state index in [-0.39, 0.29) is 17.4 Å². The van der Waals surface area contributed by atoms with Crippen LogP contribution >= 0.6 is 0 Å². The Balaban J connectivity index is 2.04. The summed E-state index contributed by atoms with van der Waals surface area (Å²) in [5, 5.41) is 0. The van der Waals surface area contributed by atoms with Crippen molar-refractivity contribution in [3.63, 3.8) is 0 Å². The van der Waals surface area contributed by atoms with Crippen LogP contribution < -0.4 is 9.04 Å². The zero-order valence-electron chi connectivity index (χ0n) is 17.6. The second kappa shape index (κ2) is 10.3. The van der Waals surface area contributed by atoms with Crippen LogP contribution in [0.5, 0.6) is 5.75 Å². The van der Waals surface area contributed by atoms with Crippen LogP contribution in [0.3, 0.4) is 0 Å². The number of amides is 1. The van der Waals surface area contributed by atoms with E-state index in [9.17, 15) is 13.2 Å². The number of anilines is 1. The predicted octanol–water partition coefficient (Wildman–Crippen LogP) is 3.85. The molecule has 0 atom stereocenters. The minimum absolute atomic E-state index is 0.0309. The van der Waals surface area contributed by atoms with E-state index < -0.39 is 10.0 Å². The van der Waals surface area contributed by atoms with E-state index in [1.54, 1.807) is 53.4 Å². The zero-order chi connectivity index (χ0) is 21.4.